The van der Waals surface area contributed by atoms with Crippen LogP contribution in [0.2, 0.25) is 0 Å². The zero-order chi connectivity index (χ0) is 17.2. The first-order valence-electron chi connectivity index (χ1n) is 8.00. The van der Waals surface area contributed by atoms with E-state index < -0.39 is 0 Å². The van der Waals surface area contributed by atoms with Crippen molar-refractivity contribution in [1.29, 1.82) is 0 Å². The minimum Gasteiger partial charge on any atom is -0.497 e. The molecule has 0 spiro atoms. The number of aromatic nitrogens is 1. The van der Waals surface area contributed by atoms with Gasteiger partial charge in [-0.3, -0.25) is 4.79 Å². The summed E-state index contributed by atoms with van der Waals surface area (Å²) in [5.41, 5.74) is 2.68. The zero-order valence-electron chi connectivity index (χ0n) is 14.2. The molecule has 0 saturated carbocycles. The largest absolute Gasteiger partial charge is 0.497 e. The van der Waals surface area contributed by atoms with Gasteiger partial charge in [-0.25, -0.2) is 0 Å². The van der Waals surface area contributed by atoms with Crippen molar-refractivity contribution in [2.75, 3.05) is 13.7 Å². The van der Waals surface area contributed by atoms with E-state index in [9.17, 15) is 4.79 Å². The van der Waals surface area contributed by atoms with Crippen LogP contribution in [0.1, 0.15) is 29.8 Å². The fourth-order valence-electron chi connectivity index (χ4n) is 2.87. The van der Waals surface area contributed by atoms with Crippen molar-refractivity contribution in [1.82, 2.24) is 10.3 Å². The number of carbonyl (C=O) groups excluding carboxylic acids is 1. The average molecular weight is 322 g/mol. The van der Waals surface area contributed by atoms with E-state index in [1.54, 1.807) is 7.11 Å². The maximum atomic E-state index is 12.3. The Bertz CT molecular complexity index is 850. The van der Waals surface area contributed by atoms with Crippen molar-refractivity contribution in [2.45, 2.75) is 19.3 Å². The number of H-pyrrole nitrogens is 1. The number of carbonyl (C=O) groups is 1. The van der Waals surface area contributed by atoms with Crippen molar-refractivity contribution < 1.29 is 9.53 Å². The quantitative estimate of drug-likeness (QED) is 0.749. The van der Waals surface area contributed by atoms with Crippen molar-refractivity contribution in [3.8, 4) is 5.75 Å². The number of rotatable bonds is 5. The molecule has 124 valence electrons. The van der Waals surface area contributed by atoms with Gasteiger partial charge in [-0.1, -0.05) is 32.0 Å². The predicted octanol–water partition coefficient (Wildman–Crippen LogP) is 3.88. The predicted molar refractivity (Wildman–Crippen MR) is 96.7 cm³/mol. The van der Waals surface area contributed by atoms with Gasteiger partial charge in [0.15, 0.2) is 0 Å². The van der Waals surface area contributed by atoms with Crippen LogP contribution in [0.3, 0.4) is 0 Å². The van der Waals surface area contributed by atoms with Crippen molar-refractivity contribution in [3.05, 3.63) is 65.9 Å². The van der Waals surface area contributed by atoms with E-state index in [1.165, 1.54) is 0 Å². The van der Waals surface area contributed by atoms with E-state index in [-0.39, 0.29) is 11.3 Å². The molecule has 1 heterocycles. The third-order valence-electron chi connectivity index (χ3n) is 4.34. The van der Waals surface area contributed by atoms with Gasteiger partial charge in [-0.15, -0.1) is 0 Å². The zero-order valence-corrected chi connectivity index (χ0v) is 14.2. The lowest BCUT2D eigenvalue weighted by atomic mass is 9.84. The normalized spacial score (nSPS) is 11.5. The molecule has 0 aliphatic carbocycles. The molecule has 3 rings (SSSR count). The van der Waals surface area contributed by atoms with Crippen LogP contribution in [0.15, 0.2) is 54.7 Å². The minimum absolute atomic E-state index is 0.0545. The number of nitrogens with one attached hydrogen (secondary N) is 2. The summed E-state index contributed by atoms with van der Waals surface area (Å²) in [5, 5.41) is 4.16. The topological polar surface area (TPSA) is 54.1 Å². The molecule has 4 heteroatoms. The number of fused-ring (bicyclic) bond motifs is 1. The number of hydrogen-bond donors (Lipinski definition) is 2. The summed E-state index contributed by atoms with van der Waals surface area (Å²) in [4.78, 5) is 15.6. The van der Waals surface area contributed by atoms with E-state index in [0.717, 1.165) is 22.2 Å². The standard InChI is InChI=1S/C20H22N2O2/c1-20(2,13-22-19(23)14-7-5-4-6-8-14)17-12-21-18-10-9-15(24-3)11-16(17)18/h4-12,21H,13H2,1-3H3,(H,22,23). The molecule has 0 unspecified atom stereocenters. The van der Waals surface area contributed by atoms with Gasteiger partial charge in [0.05, 0.1) is 7.11 Å². The molecular formula is C20H22N2O2. The molecule has 2 aromatic carbocycles. The van der Waals surface area contributed by atoms with Crippen LogP contribution >= 0.6 is 0 Å². The second-order valence-electron chi connectivity index (χ2n) is 6.55. The second kappa shape index (κ2) is 6.40. The summed E-state index contributed by atoms with van der Waals surface area (Å²) in [7, 11) is 1.67. The fourth-order valence-corrected chi connectivity index (χ4v) is 2.87. The second-order valence-corrected chi connectivity index (χ2v) is 6.55. The number of aromatic amines is 1. The highest BCUT2D eigenvalue weighted by molar-refractivity contribution is 5.94. The maximum absolute atomic E-state index is 12.3. The molecule has 0 saturated heterocycles. The average Bonchev–Trinajstić information content (AvgIpc) is 3.04. The fraction of sp³-hybridized carbons (Fsp3) is 0.250. The van der Waals surface area contributed by atoms with Gasteiger partial charge in [0.1, 0.15) is 5.75 Å². The van der Waals surface area contributed by atoms with Crippen molar-refractivity contribution >= 4 is 16.8 Å². The highest BCUT2D eigenvalue weighted by Gasteiger charge is 2.25. The first-order chi connectivity index (χ1) is 11.5. The maximum Gasteiger partial charge on any atom is 0.251 e. The monoisotopic (exact) mass is 322 g/mol. The van der Waals surface area contributed by atoms with Gasteiger partial charge in [0, 0.05) is 34.6 Å². The van der Waals surface area contributed by atoms with Gasteiger partial charge in [0.25, 0.3) is 5.91 Å². The molecule has 1 aromatic heterocycles. The highest BCUT2D eigenvalue weighted by atomic mass is 16.5. The SMILES string of the molecule is COc1ccc2[nH]cc(C(C)(C)CNC(=O)c3ccccc3)c2c1. The molecule has 0 aliphatic heterocycles. The molecule has 4 nitrogen and oxygen atoms in total. The summed E-state index contributed by atoms with van der Waals surface area (Å²) in [6, 6.07) is 15.3. The molecule has 0 atom stereocenters. The molecule has 0 radical (unpaired) electrons. The van der Waals surface area contributed by atoms with E-state index in [0.29, 0.717) is 12.1 Å². The van der Waals surface area contributed by atoms with Crippen molar-refractivity contribution in [2.24, 2.45) is 0 Å². The Hall–Kier alpha value is -2.75. The highest BCUT2D eigenvalue weighted by Crippen LogP contribution is 2.32. The van der Waals surface area contributed by atoms with Crippen LogP contribution in [-0.2, 0) is 5.41 Å². The molecular weight excluding hydrogens is 300 g/mol. The summed E-state index contributed by atoms with van der Waals surface area (Å²) in [6.45, 7) is 4.80. The van der Waals surface area contributed by atoms with Gasteiger partial charge < -0.3 is 15.0 Å². The molecule has 0 aliphatic rings. The number of amides is 1. The Morgan fingerprint density at radius 2 is 1.92 bits per heavy atom. The number of methoxy groups -OCH3 is 1. The smallest absolute Gasteiger partial charge is 0.251 e. The van der Waals surface area contributed by atoms with Crippen LogP contribution in [0.25, 0.3) is 10.9 Å². The molecule has 3 aromatic rings. The summed E-state index contributed by atoms with van der Waals surface area (Å²) in [5.74, 6) is 0.772. The van der Waals surface area contributed by atoms with E-state index in [1.807, 2.05) is 54.7 Å². The van der Waals surface area contributed by atoms with Crippen molar-refractivity contribution in [3.63, 3.8) is 0 Å². The number of benzene rings is 2. The van der Waals surface area contributed by atoms with Crippen LogP contribution in [0.5, 0.6) is 5.75 Å². The Morgan fingerprint density at radius 3 is 2.62 bits per heavy atom. The van der Waals surface area contributed by atoms with Gasteiger partial charge in [-0.05, 0) is 35.9 Å². The third-order valence-corrected chi connectivity index (χ3v) is 4.34. The molecule has 1 amide bonds. The van der Waals surface area contributed by atoms with Crippen LogP contribution in [-0.4, -0.2) is 24.5 Å². The lowest BCUT2D eigenvalue weighted by Crippen LogP contribution is -2.36. The molecule has 24 heavy (non-hydrogen) atoms. The van der Waals surface area contributed by atoms with E-state index in [4.69, 9.17) is 4.74 Å². The summed E-state index contributed by atoms with van der Waals surface area (Å²) >= 11 is 0. The summed E-state index contributed by atoms with van der Waals surface area (Å²) < 4.78 is 5.33. The molecule has 2 N–H and O–H groups in total. The molecule has 0 bridgehead atoms. The Morgan fingerprint density at radius 1 is 1.17 bits per heavy atom. The third kappa shape index (κ3) is 3.13. The number of hydrogen-bond acceptors (Lipinski definition) is 2. The lowest BCUT2D eigenvalue weighted by Gasteiger charge is -2.25. The summed E-state index contributed by atoms with van der Waals surface area (Å²) in [6.07, 6.45) is 2.01. The first-order valence-corrected chi connectivity index (χ1v) is 8.00. The first kappa shape index (κ1) is 16.1. The van der Waals surface area contributed by atoms with Gasteiger partial charge in [0.2, 0.25) is 0 Å². The van der Waals surface area contributed by atoms with E-state index >= 15 is 0 Å². The number of ether oxygens (including phenoxy) is 1. The Labute approximate surface area is 141 Å². The van der Waals surface area contributed by atoms with Crippen LogP contribution in [0, 0.1) is 0 Å². The lowest BCUT2D eigenvalue weighted by molar-refractivity contribution is 0.0945. The van der Waals surface area contributed by atoms with Crippen LogP contribution < -0.4 is 10.1 Å². The minimum atomic E-state index is -0.213. The van der Waals surface area contributed by atoms with Crippen LogP contribution in [0.4, 0.5) is 0 Å². The Balaban J connectivity index is 1.81. The van der Waals surface area contributed by atoms with E-state index in [2.05, 4.69) is 24.1 Å². The Kier molecular flexibility index (Phi) is 4.30. The molecule has 0 fully saturated rings. The van der Waals surface area contributed by atoms with Gasteiger partial charge >= 0.3 is 0 Å². The van der Waals surface area contributed by atoms with Gasteiger partial charge in [-0.2, -0.15) is 0 Å².